The van der Waals surface area contributed by atoms with E-state index in [1.54, 1.807) is 11.0 Å². The number of anilines is 1. The molecule has 9 heteroatoms. The standard InChI is InChI=1S/C15H15ClN4O3S/c1-3-19(4-2)12-10-18-20(15(21)14(12)16)24(22,23)13-8-6-5-7-11(13)9-17/h5-8,10H,3-4H2,1-2H3. The summed E-state index contributed by atoms with van der Waals surface area (Å²) in [5.74, 6) is 0. The van der Waals surface area contributed by atoms with Crippen molar-refractivity contribution in [2.75, 3.05) is 18.0 Å². The van der Waals surface area contributed by atoms with Gasteiger partial charge in [-0.3, -0.25) is 4.79 Å². The molecular formula is C15H15ClN4O3S. The van der Waals surface area contributed by atoms with Crippen molar-refractivity contribution < 1.29 is 8.42 Å². The van der Waals surface area contributed by atoms with Gasteiger partial charge in [0.1, 0.15) is 16.0 Å². The molecule has 1 aromatic carbocycles. The fourth-order valence-electron chi connectivity index (χ4n) is 2.24. The van der Waals surface area contributed by atoms with E-state index in [0.29, 0.717) is 22.9 Å². The Morgan fingerprint density at radius 1 is 1.29 bits per heavy atom. The molecule has 0 atom stereocenters. The Morgan fingerprint density at radius 2 is 1.92 bits per heavy atom. The molecule has 7 nitrogen and oxygen atoms in total. The van der Waals surface area contributed by atoms with Crippen molar-refractivity contribution in [2.45, 2.75) is 18.7 Å². The molecule has 126 valence electrons. The lowest BCUT2D eigenvalue weighted by molar-refractivity contribution is 0.575. The lowest BCUT2D eigenvalue weighted by Gasteiger charge is -2.21. The molecule has 0 aliphatic heterocycles. The summed E-state index contributed by atoms with van der Waals surface area (Å²) in [6.45, 7) is 4.94. The third-order valence-corrected chi connectivity index (χ3v) is 5.47. The van der Waals surface area contributed by atoms with Gasteiger partial charge < -0.3 is 4.90 Å². The molecule has 0 N–H and O–H groups in total. The Morgan fingerprint density at radius 3 is 2.50 bits per heavy atom. The first kappa shape index (κ1) is 18.0. The van der Waals surface area contributed by atoms with Crippen LogP contribution in [-0.4, -0.2) is 30.7 Å². The normalized spacial score (nSPS) is 11.1. The summed E-state index contributed by atoms with van der Waals surface area (Å²) in [6, 6.07) is 7.38. The Balaban J connectivity index is 2.68. The van der Waals surface area contributed by atoms with Crippen LogP contribution in [0.1, 0.15) is 19.4 Å². The first-order chi connectivity index (χ1) is 11.4. The monoisotopic (exact) mass is 366 g/mol. The quantitative estimate of drug-likeness (QED) is 0.801. The van der Waals surface area contributed by atoms with Crippen LogP contribution in [0.2, 0.25) is 5.02 Å². The highest BCUT2D eigenvalue weighted by atomic mass is 35.5. The van der Waals surface area contributed by atoms with Crippen LogP contribution in [0, 0.1) is 11.3 Å². The number of nitrogens with zero attached hydrogens (tertiary/aromatic N) is 4. The van der Waals surface area contributed by atoms with Crippen LogP contribution in [0.4, 0.5) is 5.69 Å². The van der Waals surface area contributed by atoms with E-state index in [9.17, 15) is 13.2 Å². The van der Waals surface area contributed by atoms with Gasteiger partial charge in [-0.25, -0.2) is 0 Å². The Hall–Kier alpha value is -2.37. The molecule has 1 aromatic heterocycles. The molecule has 2 aromatic rings. The second-order valence-electron chi connectivity index (χ2n) is 4.78. The van der Waals surface area contributed by atoms with Gasteiger partial charge in [0.15, 0.2) is 0 Å². The van der Waals surface area contributed by atoms with Gasteiger partial charge in [-0.1, -0.05) is 23.7 Å². The number of aromatic nitrogens is 2. The van der Waals surface area contributed by atoms with Crippen LogP contribution >= 0.6 is 11.6 Å². The maximum absolute atomic E-state index is 12.7. The maximum Gasteiger partial charge on any atom is 0.302 e. The third-order valence-electron chi connectivity index (χ3n) is 3.49. The van der Waals surface area contributed by atoms with Gasteiger partial charge >= 0.3 is 5.56 Å². The number of hydrogen-bond acceptors (Lipinski definition) is 6. The molecule has 0 saturated carbocycles. The number of benzene rings is 1. The molecule has 0 spiro atoms. The van der Waals surface area contributed by atoms with Gasteiger partial charge in [-0.2, -0.15) is 18.8 Å². The highest BCUT2D eigenvalue weighted by molar-refractivity contribution is 7.89. The summed E-state index contributed by atoms with van der Waals surface area (Å²) in [7, 11) is -4.32. The van der Waals surface area contributed by atoms with Gasteiger partial charge in [0.05, 0.1) is 17.4 Å². The summed E-state index contributed by atoms with van der Waals surface area (Å²) in [5, 5.41) is 12.6. The van der Waals surface area contributed by atoms with Crippen LogP contribution < -0.4 is 10.5 Å². The molecule has 1 heterocycles. The average molecular weight is 367 g/mol. The van der Waals surface area contributed by atoms with E-state index in [4.69, 9.17) is 16.9 Å². The molecule has 0 saturated heterocycles. The van der Waals surface area contributed by atoms with Gasteiger partial charge in [0.25, 0.3) is 10.0 Å². The van der Waals surface area contributed by atoms with Crippen molar-refractivity contribution in [3.05, 3.63) is 51.4 Å². The molecule has 0 radical (unpaired) electrons. The molecule has 0 aliphatic rings. The molecule has 0 amide bonds. The van der Waals surface area contributed by atoms with E-state index in [0.717, 1.165) is 0 Å². The van der Waals surface area contributed by atoms with Crippen LogP contribution in [0.5, 0.6) is 0 Å². The van der Waals surface area contributed by atoms with Crippen molar-refractivity contribution >= 4 is 27.3 Å². The van der Waals surface area contributed by atoms with Crippen molar-refractivity contribution in [2.24, 2.45) is 0 Å². The topological polar surface area (TPSA) is 96.1 Å². The number of rotatable bonds is 5. The number of halogens is 1. The average Bonchev–Trinajstić information content (AvgIpc) is 2.59. The summed E-state index contributed by atoms with van der Waals surface area (Å²) < 4.78 is 25.7. The van der Waals surface area contributed by atoms with Crippen LogP contribution in [0.25, 0.3) is 0 Å². The zero-order chi connectivity index (χ0) is 17.9. The highest BCUT2D eigenvalue weighted by Gasteiger charge is 2.25. The fraction of sp³-hybridized carbons (Fsp3) is 0.267. The first-order valence-electron chi connectivity index (χ1n) is 7.15. The second kappa shape index (κ2) is 7.03. The third kappa shape index (κ3) is 3.00. The van der Waals surface area contributed by atoms with Gasteiger partial charge in [0.2, 0.25) is 0 Å². The predicted octanol–water partition coefficient (Wildman–Crippen LogP) is 1.85. The minimum Gasteiger partial charge on any atom is -0.369 e. The second-order valence-corrected chi connectivity index (χ2v) is 6.89. The van der Waals surface area contributed by atoms with E-state index >= 15 is 0 Å². The lowest BCUT2D eigenvalue weighted by atomic mass is 10.2. The van der Waals surface area contributed by atoms with E-state index in [1.165, 1.54) is 30.5 Å². The van der Waals surface area contributed by atoms with Crippen LogP contribution in [0.3, 0.4) is 0 Å². The summed E-state index contributed by atoms with van der Waals surface area (Å²) in [5.41, 5.74) is -0.657. The molecule has 2 rings (SSSR count). The number of nitriles is 1. The van der Waals surface area contributed by atoms with Gasteiger partial charge in [-0.15, -0.1) is 4.09 Å². The predicted molar refractivity (Wildman–Crippen MR) is 90.8 cm³/mol. The molecular weight excluding hydrogens is 352 g/mol. The van der Waals surface area contributed by atoms with Crippen molar-refractivity contribution in [1.29, 1.82) is 5.26 Å². The lowest BCUT2D eigenvalue weighted by Crippen LogP contribution is -2.33. The Kier molecular flexibility index (Phi) is 5.26. The zero-order valence-electron chi connectivity index (χ0n) is 13.1. The first-order valence-corrected chi connectivity index (χ1v) is 8.97. The van der Waals surface area contributed by atoms with E-state index in [2.05, 4.69) is 5.10 Å². The van der Waals surface area contributed by atoms with E-state index in [-0.39, 0.29) is 15.5 Å². The van der Waals surface area contributed by atoms with E-state index < -0.39 is 15.6 Å². The van der Waals surface area contributed by atoms with Crippen LogP contribution in [-0.2, 0) is 10.0 Å². The largest absolute Gasteiger partial charge is 0.369 e. The van der Waals surface area contributed by atoms with Crippen molar-refractivity contribution in [3.8, 4) is 6.07 Å². The minimum absolute atomic E-state index is 0.0739. The summed E-state index contributed by atoms with van der Waals surface area (Å²) >= 11 is 6.07. The molecule has 24 heavy (non-hydrogen) atoms. The van der Waals surface area contributed by atoms with Gasteiger partial charge in [0, 0.05) is 13.1 Å². The molecule has 0 bridgehead atoms. The maximum atomic E-state index is 12.7. The minimum atomic E-state index is -4.32. The van der Waals surface area contributed by atoms with Gasteiger partial charge in [-0.05, 0) is 26.0 Å². The summed E-state index contributed by atoms with van der Waals surface area (Å²) in [4.78, 5) is 13.9. The Bertz CT molecular complexity index is 959. The molecule has 0 unspecified atom stereocenters. The zero-order valence-corrected chi connectivity index (χ0v) is 14.7. The molecule has 0 fully saturated rings. The SMILES string of the molecule is CCN(CC)c1cnn(S(=O)(=O)c2ccccc2C#N)c(=O)c1Cl. The smallest absolute Gasteiger partial charge is 0.302 e. The van der Waals surface area contributed by atoms with Crippen LogP contribution in [0.15, 0.2) is 40.2 Å². The highest BCUT2D eigenvalue weighted by Crippen LogP contribution is 2.22. The van der Waals surface area contributed by atoms with Crippen molar-refractivity contribution in [1.82, 2.24) is 9.19 Å². The molecule has 0 aliphatic carbocycles. The van der Waals surface area contributed by atoms with Crippen molar-refractivity contribution in [3.63, 3.8) is 0 Å². The fourth-order valence-corrected chi connectivity index (χ4v) is 3.85. The number of hydrogen-bond donors (Lipinski definition) is 0. The van der Waals surface area contributed by atoms with E-state index in [1.807, 2.05) is 13.8 Å². The summed E-state index contributed by atoms with van der Waals surface area (Å²) in [6.07, 6.45) is 1.24. The Labute approximate surface area is 144 Å².